The summed E-state index contributed by atoms with van der Waals surface area (Å²) in [5.41, 5.74) is 2.94. The number of hydrogen-bond donors (Lipinski definition) is 0. The van der Waals surface area contributed by atoms with Crippen molar-refractivity contribution >= 4 is 40.6 Å². The standard InChI is InChI=1S/C22H18Cl2N6O/c23-16-11-15(12-17(24)13-16)18-14-19(27-30-6-1-3-20(18)30)21(31)28-7-9-29(10-8-28)22-25-4-2-5-26-22/h1-6,11-14H,7-10H2. The molecule has 4 aromatic rings. The molecular formula is C22H18Cl2N6O. The van der Waals surface area contributed by atoms with Crippen LogP contribution in [0.2, 0.25) is 10.0 Å². The summed E-state index contributed by atoms with van der Waals surface area (Å²) >= 11 is 12.4. The van der Waals surface area contributed by atoms with Crippen LogP contribution in [0, 0.1) is 0 Å². The largest absolute Gasteiger partial charge is 0.337 e. The highest BCUT2D eigenvalue weighted by Gasteiger charge is 2.25. The Morgan fingerprint density at radius 3 is 2.32 bits per heavy atom. The molecule has 1 aromatic carbocycles. The van der Waals surface area contributed by atoms with Gasteiger partial charge in [0.25, 0.3) is 5.91 Å². The minimum Gasteiger partial charge on any atom is -0.337 e. The highest BCUT2D eigenvalue weighted by atomic mass is 35.5. The van der Waals surface area contributed by atoms with Gasteiger partial charge in [0.05, 0.1) is 5.52 Å². The van der Waals surface area contributed by atoms with Crippen molar-refractivity contribution in [1.82, 2.24) is 24.5 Å². The van der Waals surface area contributed by atoms with E-state index < -0.39 is 0 Å². The first-order valence-corrected chi connectivity index (χ1v) is 10.6. The van der Waals surface area contributed by atoms with Gasteiger partial charge in [0.1, 0.15) is 5.69 Å². The summed E-state index contributed by atoms with van der Waals surface area (Å²) in [7, 11) is 0. The van der Waals surface area contributed by atoms with Gasteiger partial charge in [-0.15, -0.1) is 0 Å². The highest BCUT2D eigenvalue weighted by Crippen LogP contribution is 2.31. The second-order valence-electron chi connectivity index (χ2n) is 7.27. The van der Waals surface area contributed by atoms with Crippen LogP contribution in [0.1, 0.15) is 10.5 Å². The molecule has 0 N–H and O–H groups in total. The Morgan fingerprint density at radius 1 is 0.903 bits per heavy atom. The number of nitrogens with zero attached hydrogens (tertiary/aromatic N) is 6. The zero-order valence-corrected chi connectivity index (χ0v) is 18.0. The van der Waals surface area contributed by atoms with Gasteiger partial charge in [0.2, 0.25) is 5.95 Å². The Labute approximate surface area is 188 Å². The number of amides is 1. The lowest BCUT2D eigenvalue weighted by molar-refractivity contribution is 0.0739. The van der Waals surface area contributed by atoms with Gasteiger partial charge < -0.3 is 9.80 Å². The van der Waals surface area contributed by atoms with Crippen molar-refractivity contribution in [3.8, 4) is 11.1 Å². The number of halogens is 2. The predicted molar refractivity (Wildman–Crippen MR) is 121 cm³/mol. The smallest absolute Gasteiger partial charge is 0.274 e. The molecule has 1 aliphatic heterocycles. The number of carbonyl (C=O) groups excluding carboxylic acids is 1. The van der Waals surface area contributed by atoms with E-state index in [9.17, 15) is 4.79 Å². The molecule has 0 aliphatic carbocycles. The molecule has 5 rings (SSSR count). The van der Waals surface area contributed by atoms with Crippen molar-refractivity contribution in [3.63, 3.8) is 0 Å². The molecular weight excluding hydrogens is 435 g/mol. The van der Waals surface area contributed by atoms with Crippen molar-refractivity contribution in [3.05, 3.63) is 76.8 Å². The molecule has 31 heavy (non-hydrogen) atoms. The van der Waals surface area contributed by atoms with Crippen LogP contribution in [0.25, 0.3) is 16.6 Å². The van der Waals surface area contributed by atoms with Crippen molar-refractivity contribution in [2.24, 2.45) is 0 Å². The summed E-state index contributed by atoms with van der Waals surface area (Å²) in [6.07, 6.45) is 5.27. The topological polar surface area (TPSA) is 66.6 Å². The fourth-order valence-corrected chi connectivity index (χ4v) is 4.33. The van der Waals surface area contributed by atoms with Gasteiger partial charge in [-0.25, -0.2) is 14.5 Å². The number of piperazine rings is 1. The monoisotopic (exact) mass is 452 g/mol. The number of rotatable bonds is 3. The third-order valence-electron chi connectivity index (χ3n) is 5.30. The zero-order valence-electron chi connectivity index (χ0n) is 16.4. The SMILES string of the molecule is O=C(c1cc(-c2cc(Cl)cc(Cl)c2)c2cccn2n1)N1CCN(c2ncccn2)CC1. The van der Waals surface area contributed by atoms with Crippen molar-refractivity contribution in [2.75, 3.05) is 31.1 Å². The number of benzene rings is 1. The van der Waals surface area contributed by atoms with E-state index in [0.29, 0.717) is 47.9 Å². The lowest BCUT2D eigenvalue weighted by Crippen LogP contribution is -2.49. The first kappa shape index (κ1) is 19.8. The van der Waals surface area contributed by atoms with E-state index >= 15 is 0 Å². The molecule has 1 aliphatic rings. The van der Waals surface area contributed by atoms with E-state index in [1.54, 1.807) is 29.0 Å². The molecule has 3 aromatic heterocycles. The maximum absolute atomic E-state index is 13.3. The zero-order chi connectivity index (χ0) is 21.4. The number of fused-ring (bicyclic) bond motifs is 1. The van der Waals surface area contributed by atoms with Crippen LogP contribution in [0.3, 0.4) is 0 Å². The maximum atomic E-state index is 13.3. The van der Waals surface area contributed by atoms with E-state index in [1.165, 1.54) is 0 Å². The van der Waals surface area contributed by atoms with Gasteiger partial charge in [-0.05, 0) is 48.0 Å². The maximum Gasteiger partial charge on any atom is 0.274 e. The Bertz CT molecular complexity index is 1230. The lowest BCUT2D eigenvalue weighted by Gasteiger charge is -2.34. The lowest BCUT2D eigenvalue weighted by atomic mass is 10.0. The normalized spacial score (nSPS) is 14.3. The van der Waals surface area contributed by atoms with Crippen LogP contribution in [0.4, 0.5) is 5.95 Å². The molecule has 1 saturated heterocycles. The summed E-state index contributed by atoms with van der Waals surface area (Å²) in [6, 6.07) is 12.8. The number of carbonyl (C=O) groups is 1. The van der Waals surface area contributed by atoms with Crippen LogP contribution in [-0.4, -0.2) is 56.6 Å². The molecule has 7 nitrogen and oxygen atoms in total. The van der Waals surface area contributed by atoms with E-state index in [0.717, 1.165) is 16.6 Å². The third kappa shape index (κ3) is 3.94. The average Bonchev–Trinajstić information content (AvgIpc) is 3.27. The second kappa shape index (κ2) is 8.17. The van der Waals surface area contributed by atoms with Crippen molar-refractivity contribution in [1.29, 1.82) is 0 Å². The van der Waals surface area contributed by atoms with Crippen LogP contribution < -0.4 is 4.90 Å². The minimum absolute atomic E-state index is 0.112. The van der Waals surface area contributed by atoms with E-state index in [2.05, 4.69) is 20.0 Å². The van der Waals surface area contributed by atoms with Crippen molar-refractivity contribution < 1.29 is 4.79 Å². The molecule has 4 heterocycles. The number of hydrogen-bond acceptors (Lipinski definition) is 5. The predicted octanol–water partition coefficient (Wildman–Crippen LogP) is 4.06. The van der Waals surface area contributed by atoms with E-state index in [-0.39, 0.29) is 5.91 Å². The molecule has 0 saturated carbocycles. The molecule has 0 radical (unpaired) electrons. The van der Waals surface area contributed by atoms with Crippen molar-refractivity contribution in [2.45, 2.75) is 0 Å². The summed E-state index contributed by atoms with van der Waals surface area (Å²) in [5.74, 6) is 0.570. The highest BCUT2D eigenvalue weighted by molar-refractivity contribution is 6.35. The van der Waals surface area contributed by atoms with Gasteiger partial charge >= 0.3 is 0 Å². The first-order valence-electron chi connectivity index (χ1n) is 9.84. The van der Waals surface area contributed by atoms with Gasteiger partial charge in [0, 0.05) is 60.4 Å². The molecule has 0 spiro atoms. The fraction of sp³-hybridized carbons (Fsp3) is 0.182. The molecule has 1 amide bonds. The van der Waals surface area contributed by atoms with Crippen LogP contribution >= 0.6 is 23.2 Å². The molecule has 1 fully saturated rings. The average molecular weight is 453 g/mol. The Kier molecular flexibility index (Phi) is 5.21. The Hall–Kier alpha value is -3.16. The molecule has 0 unspecified atom stereocenters. The fourth-order valence-electron chi connectivity index (χ4n) is 3.80. The number of aromatic nitrogens is 4. The molecule has 9 heteroatoms. The van der Waals surface area contributed by atoms with Gasteiger partial charge in [-0.3, -0.25) is 4.79 Å². The Balaban J connectivity index is 1.43. The van der Waals surface area contributed by atoms with E-state index in [1.807, 2.05) is 41.4 Å². The molecule has 156 valence electrons. The summed E-state index contributed by atoms with van der Waals surface area (Å²) in [4.78, 5) is 25.7. The summed E-state index contributed by atoms with van der Waals surface area (Å²) in [6.45, 7) is 2.47. The second-order valence-corrected chi connectivity index (χ2v) is 8.14. The van der Waals surface area contributed by atoms with Gasteiger partial charge in [-0.1, -0.05) is 23.2 Å². The number of anilines is 1. The summed E-state index contributed by atoms with van der Waals surface area (Å²) in [5, 5.41) is 5.62. The molecule has 0 atom stereocenters. The summed E-state index contributed by atoms with van der Waals surface area (Å²) < 4.78 is 1.71. The third-order valence-corrected chi connectivity index (χ3v) is 5.73. The van der Waals surface area contributed by atoms with Crippen LogP contribution in [0.15, 0.2) is 61.1 Å². The minimum atomic E-state index is -0.112. The quantitative estimate of drug-likeness (QED) is 0.468. The molecule has 0 bridgehead atoms. The Morgan fingerprint density at radius 2 is 1.61 bits per heavy atom. The van der Waals surface area contributed by atoms with Gasteiger partial charge in [-0.2, -0.15) is 5.10 Å². The first-order chi connectivity index (χ1) is 15.1. The van der Waals surface area contributed by atoms with Crippen LogP contribution in [-0.2, 0) is 0 Å². The van der Waals surface area contributed by atoms with Gasteiger partial charge in [0.15, 0.2) is 0 Å². The van der Waals surface area contributed by atoms with E-state index in [4.69, 9.17) is 23.2 Å². The van der Waals surface area contributed by atoms with Crippen LogP contribution in [0.5, 0.6) is 0 Å².